The van der Waals surface area contributed by atoms with Crippen LogP contribution in [0.2, 0.25) is 0 Å². The first kappa shape index (κ1) is 14.9. The van der Waals surface area contributed by atoms with Crippen LogP contribution in [0.4, 0.5) is 5.69 Å². The summed E-state index contributed by atoms with van der Waals surface area (Å²) < 4.78 is 5.75. The third-order valence-corrected chi connectivity index (χ3v) is 4.85. The highest BCUT2D eigenvalue weighted by atomic mass is 16.5. The SMILES string of the molecule is CCNC1CCOCC1CN1CCCCc2ccccc21. The van der Waals surface area contributed by atoms with Crippen molar-refractivity contribution in [2.24, 2.45) is 5.92 Å². The van der Waals surface area contributed by atoms with Crippen molar-refractivity contribution in [3.8, 4) is 0 Å². The molecule has 116 valence electrons. The highest BCUT2D eigenvalue weighted by Crippen LogP contribution is 2.28. The van der Waals surface area contributed by atoms with Gasteiger partial charge in [0.2, 0.25) is 0 Å². The molecule has 0 spiro atoms. The van der Waals surface area contributed by atoms with Gasteiger partial charge in [0, 0.05) is 37.3 Å². The molecule has 0 bridgehead atoms. The number of para-hydroxylation sites is 1. The quantitative estimate of drug-likeness (QED) is 0.922. The van der Waals surface area contributed by atoms with Crippen molar-refractivity contribution in [3.63, 3.8) is 0 Å². The van der Waals surface area contributed by atoms with Crippen LogP contribution in [0, 0.1) is 5.92 Å². The van der Waals surface area contributed by atoms with Gasteiger partial charge in [-0.2, -0.15) is 0 Å². The first-order valence-corrected chi connectivity index (χ1v) is 8.52. The fourth-order valence-electron chi connectivity index (χ4n) is 3.75. The van der Waals surface area contributed by atoms with Gasteiger partial charge in [0.1, 0.15) is 0 Å². The zero-order valence-corrected chi connectivity index (χ0v) is 13.2. The van der Waals surface area contributed by atoms with Crippen molar-refractivity contribution >= 4 is 5.69 Å². The first-order chi connectivity index (χ1) is 10.4. The summed E-state index contributed by atoms with van der Waals surface area (Å²) in [4.78, 5) is 2.60. The van der Waals surface area contributed by atoms with Crippen LogP contribution in [0.5, 0.6) is 0 Å². The van der Waals surface area contributed by atoms with E-state index in [1.54, 1.807) is 0 Å². The van der Waals surface area contributed by atoms with Gasteiger partial charge in [0.25, 0.3) is 0 Å². The number of ether oxygens (including phenoxy) is 1. The summed E-state index contributed by atoms with van der Waals surface area (Å²) in [5.41, 5.74) is 2.97. The van der Waals surface area contributed by atoms with Crippen molar-refractivity contribution < 1.29 is 4.74 Å². The summed E-state index contributed by atoms with van der Waals surface area (Å²) in [5.74, 6) is 0.602. The lowest BCUT2D eigenvalue weighted by Gasteiger charge is -2.37. The second kappa shape index (κ2) is 7.28. The molecule has 2 atom stereocenters. The maximum atomic E-state index is 5.75. The topological polar surface area (TPSA) is 24.5 Å². The summed E-state index contributed by atoms with van der Waals surface area (Å²) in [5, 5.41) is 3.66. The highest BCUT2D eigenvalue weighted by molar-refractivity contribution is 5.54. The number of rotatable bonds is 4. The van der Waals surface area contributed by atoms with Gasteiger partial charge in [0.15, 0.2) is 0 Å². The van der Waals surface area contributed by atoms with E-state index in [0.29, 0.717) is 12.0 Å². The number of anilines is 1. The molecule has 2 unspecified atom stereocenters. The molecule has 1 aromatic carbocycles. The standard InChI is InChI=1S/C18H28N2O/c1-2-19-17-10-12-21-14-16(17)13-20-11-6-5-8-15-7-3-4-9-18(15)20/h3-4,7,9,16-17,19H,2,5-6,8,10-14H2,1H3. The maximum Gasteiger partial charge on any atom is 0.0526 e. The normalized spacial score (nSPS) is 26.2. The smallest absolute Gasteiger partial charge is 0.0526 e. The molecule has 2 heterocycles. The minimum Gasteiger partial charge on any atom is -0.381 e. The molecule has 0 radical (unpaired) electrons. The molecule has 21 heavy (non-hydrogen) atoms. The van der Waals surface area contributed by atoms with Crippen LogP contribution in [-0.2, 0) is 11.2 Å². The fourth-order valence-corrected chi connectivity index (χ4v) is 3.75. The zero-order chi connectivity index (χ0) is 14.5. The summed E-state index contributed by atoms with van der Waals surface area (Å²) in [7, 11) is 0. The number of nitrogens with one attached hydrogen (secondary N) is 1. The molecule has 1 aromatic rings. The highest BCUT2D eigenvalue weighted by Gasteiger charge is 2.28. The minimum atomic E-state index is 0.602. The van der Waals surface area contributed by atoms with Crippen LogP contribution < -0.4 is 10.2 Å². The summed E-state index contributed by atoms with van der Waals surface area (Å²) in [6, 6.07) is 9.56. The van der Waals surface area contributed by atoms with Crippen molar-refractivity contribution in [1.29, 1.82) is 0 Å². The Labute approximate surface area is 128 Å². The molecule has 2 aliphatic rings. The number of fused-ring (bicyclic) bond motifs is 1. The van der Waals surface area contributed by atoms with Gasteiger partial charge in [-0.25, -0.2) is 0 Å². The van der Waals surface area contributed by atoms with E-state index in [9.17, 15) is 0 Å². The lowest BCUT2D eigenvalue weighted by Crippen LogP contribution is -2.48. The lowest BCUT2D eigenvalue weighted by atomic mass is 9.94. The van der Waals surface area contributed by atoms with Crippen LogP contribution >= 0.6 is 0 Å². The van der Waals surface area contributed by atoms with E-state index in [-0.39, 0.29) is 0 Å². The average molecular weight is 288 g/mol. The van der Waals surface area contributed by atoms with Gasteiger partial charge in [-0.1, -0.05) is 25.1 Å². The van der Waals surface area contributed by atoms with Gasteiger partial charge in [-0.3, -0.25) is 0 Å². The Morgan fingerprint density at radius 2 is 2.19 bits per heavy atom. The molecule has 2 aliphatic heterocycles. The lowest BCUT2D eigenvalue weighted by molar-refractivity contribution is 0.0351. The third kappa shape index (κ3) is 3.58. The van der Waals surface area contributed by atoms with Crippen LogP contribution in [0.25, 0.3) is 0 Å². The molecule has 1 saturated heterocycles. The van der Waals surface area contributed by atoms with Crippen LogP contribution in [-0.4, -0.2) is 38.9 Å². The average Bonchev–Trinajstić information content (AvgIpc) is 2.72. The Bertz CT molecular complexity index is 447. The minimum absolute atomic E-state index is 0.602. The number of hydrogen-bond acceptors (Lipinski definition) is 3. The summed E-state index contributed by atoms with van der Waals surface area (Å²) in [6.45, 7) is 7.37. The third-order valence-electron chi connectivity index (χ3n) is 4.85. The second-order valence-corrected chi connectivity index (χ2v) is 6.32. The van der Waals surface area contributed by atoms with Crippen molar-refractivity contribution in [3.05, 3.63) is 29.8 Å². The molecule has 0 aliphatic carbocycles. The van der Waals surface area contributed by atoms with Gasteiger partial charge < -0.3 is 15.0 Å². The zero-order valence-electron chi connectivity index (χ0n) is 13.2. The van der Waals surface area contributed by atoms with E-state index in [1.807, 2.05) is 0 Å². The number of aryl methyl sites for hydroxylation is 1. The maximum absolute atomic E-state index is 5.75. The van der Waals surface area contributed by atoms with Crippen molar-refractivity contribution in [2.75, 3.05) is 37.7 Å². The van der Waals surface area contributed by atoms with E-state index < -0.39 is 0 Å². The Kier molecular flexibility index (Phi) is 5.15. The fraction of sp³-hybridized carbons (Fsp3) is 0.667. The predicted octanol–water partition coefficient (Wildman–Crippen LogP) is 2.84. The van der Waals surface area contributed by atoms with Gasteiger partial charge in [-0.05, 0) is 43.9 Å². The molecular weight excluding hydrogens is 260 g/mol. The Morgan fingerprint density at radius 3 is 3.10 bits per heavy atom. The molecule has 1 fully saturated rings. The summed E-state index contributed by atoms with van der Waals surface area (Å²) >= 11 is 0. The van der Waals surface area contributed by atoms with E-state index in [1.165, 1.54) is 37.1 Å². The Hall–Kier alpha value is -1.06. The first-order valence-electron chi connectivity index (χ1n) is 8.52. The monoisotopic (exact) mass is 288 g/mol. The Balaban J connectivity index is 1.73. The Morgan fingerprint density at radius 1 is 1.29 bits per heavy atom. The molecular formula is C18H28N2O. The summed E-state index contributed by atoms with van der Waals surface area (Å²) in [6.07, 6.45) is 4.98. The molecule has 3 rings (SSSR count). The molecule has 3 heteroatoms. The largest absolute Gasteiger partial charge is 0.381 e. The second-order valence-electron chi connectivity index (χ2n) is 6.32. The van der Waals surface area contributed by atoms with E-state index in [2.05, 4.69) is 41.4 Å². The van der Waals surface area contributed by atoms with Gasteiger partial charge in [0.05, 0.1) is 6.61 Å². The molecule has 0 saturated carbocycles. The molecule has 0 aromatic heterocycles. The van der Waals surface area contributed by atoms with Crippen LogP contribution in [0.1, 0.15) is 31.7 Å². The van der Waals surface area contributed by atoms with E-state index in [4.69, 9.17) is 4.74 Å². The molecule has 3 nitrogen and oxygen atoms in total. The van der Waals surface area contributed by atoms with Crippen molar-refractivity contribution in [1.82, 2.24) is 5.32 Å². The van der Waals surface area contributed by atoms with E-state index >= 15 is 0 Å². The van der Waals surface area contributed by atoms with Crippen LogP contribution in [0.15, 0.2) is 24.3 Å². The molecule has 1 N–H and O–H groups in total. The number of nitrogens with zero attached hydrogens (tertiary/aromatic N) is 1. The van der Waals surface area contributed by atoms with Gasteiger partial charge in [-0.15, -0.1) is 0 Å². The van der Waals surface area contributed by atoms with Crippen LogP contribution in [0.3, 0.4) is 0 Å². The van der Waals surface area contributed by atoms with Gasteiger partial charge >= 0.3 is 0 Å². The number of benzene rings is 1. The van der Waals surface area contributed by atoms with E-state index in [0.717, 1.165) is 32.7 Å². The number of hydrogen-bond donors (Lipinski definition) is 1. The van der Waals surface area contributed by atoms with Crippen molar-refractivity contribution in [2.45, 2.75) is 38.6 Å². The predicted molar refractivity (Wildman–Crippen MR) is 88.0 cm³/mol. The molecule has 0 amide bonds.